The lowest BCUT2D eigenvalue weighted by Gasteiger charge is -2.04. The summed E-state index contributed by atoms with van der Waals surface area (Å²) in [6, 6.07) is 11.0. The quantitative estimate of drug-likeness (QED) is 0.737. The number of esters is 1. The number of methoxy groups -OCH3 is 1. The van der Waals surface area contributed by atoms with Gasteiger partial charge >= 0.3 is 5.97 Å². The first kappa shape index (κ1) is 11.0. The van der Waals surface area contributed by atoms with Gasteiger partial charge in [0.15, 0.2) is 0 Å². The number of aromatic nitrogens is 1. The molecule has 1 heterocycles. The Morgan fingerprint density at radius 2 is 2.12 bits per heavy atom. The van der Waals surface area contributed by atoms with Gasteiger partial charge in [0.2, 0.25) is 0 Å². The van der Waals surface area contributed by atoms with Crippen molar-refractivity contribution in [1.82, 2.24) is 4.57 Å². The Labute approximate surface area is 98.7 Å². The number of carbonyl (C=O) groups is 1. The number of hydrogen-bond donors (Lipinski definition) is 0. The van der Waals surface area contributed by atoms with E-state index in [1.807, 2.05) is 12.1 Å². The highest BCUT2D eigenvalue weighted by atomic mass is 16.5. The summed E-state index contributed by atoms with van der Waals surface area (Å²) in [6.07, 6.45) is 3.37. The lowest BCUT2D eigenvalue weighted by atomic mass is 10.2. The predicted molar refractivity (Wildman–Crippen MR) is 61.8 cm³/mol. The summed E-state index contributed by atoms with van der Waals surface area (Å²) in [5.41, 5.74) is 1.75. The molecule has 0 atom stereocenters. The minimum atomic E-state index is -0.391. The SMILES string of the molecule is COC(=O)c1ccn(-c2ccccc2C#N)c1. The fourth-order valence-corrected chi connectivity index (χ4v) is 1.58. The summed E-state index contributed by atoms with van der Waals surface area (Å²) in [5.74, 6) is -0.391. The summed E-state index contributed by atoms with van der Waals surface area (Å²) < 4.78 is 6.35. The number of benzene rings is 1. The van der Waals surface area contributed by atoms with Crippen molar-refractivity contribution in [3.8, 4) is 11.8 Å². The van der Waals surface area contributed by atoms with Crippen molar-refractivity contribution in [3.63, 3.8) is 0 Å². The summed E-state index contributed by atoms with van der Waals surface area (Å²) in [4.78, 5) is 11.3. The minimum absolute atomic E-state index is 0.391. The molecule has 0 saturated heterocycles. The standard InChI is InChI=1S/C13H10N2O2/c1-17-13(16)11-6-7-15(9-11)12-5-3-2-4-10(12)8-14/h2-7,9H,1H3. The first-order valence-corrected chi connectivity index (χ1v) is 5.02. The lowest BCUT2D eigenvalue weighted by molar-refractivity contribution is 0.0601. The van der Waals surface area contributed by atoms with Gasteiger partial charge in [0, 0.05) is 12.4 Å². The monoisotopic (exact) mass is 226 g/mol. The average molecular weight is 226 g/mol. The second-order valence-electron chi connectivity index (χ2n) is 3.43. The molecule has 1 aromatic carbocycles. The summed E-state index contributed by atoms with van der Waals surface area (Å²) in [6.45, 7) is 0. The van der Waals surface area contributed by atoms with Gasteiger partial charge in [0.05, 0.1) is 23.9 Å². The van der Waals surface area contributed by atoms with Gasteiger partial charge in [0.1, 0.15) is 6.07 Å². The lowest BCUT2D eigenvalue weighted by Crippen LogP contribution is -1.99. The molecule has 0 fully saturated rings. The first-order valence-electron chi connectivity index (χ1n) is 5.02. The Bertz CT molecular complexity index is 593. The highest BCUT2D eigenvalue weighted by molar-refractivity contribution is 5.89. The highest BCUT2D eigenvalue weighted by Crippen LogP contribution is 2.15. The molecule has 0 unspecified atom stereocenters. The normalized spacial score (nSPS) is 9.65. The van der Waals surface area contributed by atoms with Gasteiger partial charge in [-0.2, -0.15) is 5.26 Å². The van der Waals surface area contributed by atoms with E-state index < -0.39 is 5.97 Å². The number of carbonyl (C=O) groups excluding carboxylic acids is 1. The number of nitriles is 1. The van der Waals surface area contributed by atoms with Gasteiger partial charge in [-0.1, -0.05) is 12.1 Å². The van der Waals surface area contributed by atoms with Crippen LogP contribution >= 0.6 is 0 Å². The van der Waals surface area contributed by atoms with Crippen molar-refractivity contribution < 1.29 is 9.53 Å². The Hall–Kier alpha value is -2.54. The van der Waals surface area contributed by atoms with E-state index in [1.165, 1.54) is 7.11 Å². The van der Waals surface area contributed by atoms with Crippen molar-refractivity contribution in [3.05, 3.63) is 53.9 Å². The van der Waals surface area contributed by atoms with E-state index in [-0.39, 0.29) is 0 Å². The molecule has 2 rings (SSSR count). The molecule has 0 aliphatic rings. The van der Waals surface area contributed by atoms with Crippen LogP contribution in [-0.2, 0) is 4.74 Å². The van der Waals surface area contributed by atoms with Crippen LogP contribution in [0.25, 0.3) is 5.69 Å². The molecule has 0 N–H and O–H groups in total. The molecule has 0 radical (unpaired) electrons. The van der Waals surface area contributed by atoms with Crippen LogP contribution in [0.2, 0.25) is 0 Å². The number of ether oxygens (including phenoxy) is 1. The molecule has 0 saturated carbocycles. The summed E-state index contributed by atoms with van der Waals surface area (Å²) >= 11 is 0. The number of rotatable bonds is 2. The third-order valence-electron chi connectivity index (χ3n) is 2.42. The average Bonchev–Trinajstić information content (AvgIpc) is 2.87. The van der Waals surface area contributed by atoms with E-state index in [0.717, 1.165) is 5.69 Å². The topological polar surface area (TPSA) is 55.0 Å². The van der Waals surface area contributed by atoms with Crippen LogP contribution in [-0.4, -0.2) is 17.6 Å². The van der Waals surface area contributed by atoms with Crippen molar-refractivity contribution in [2.24, 2.45) is 0 Å². The van der Waals surface area contributed by atoms with Crippen LogP contribution in [0.15, 0.2) is 42.7 Å². The fraction of sp³-hybridized carbons (Fsp3) is 0.0769. The fourth-order valence-electron chi connectivity index (χ4n) is 1.58. The highest BCUT2D eigenvalue weighted by Gasteiger charge is 2.09. The maximum atomic E-state index is 11.3. The van der Waals surface area contributed by atoms with Crippen LogP contribution in [0.3, 0.4) is 0 Å². The molecule has 2 aromatic rings. The van der Waals surface area contributed by atoms with Crippen molar-refractivity contribution >= 4 is 5.97 Å². The molecule has 17 heavy (non-hydrogen) atoms. The molecular formula is C13H10N2O2. The van der Waals surface area contributed by atoms with Crippen LogP contribution < -0.4 is 0 Å². The zero-order valence-corrected chi connectivity index (χ0v) is 9.25. The number of hydrogen-bond acceptors (Lipinski definition) is 3. The maximum absolute atomic E-state index is 11.3. The second kappa shape index (κ2) is 4.54. The second-order valence-corrected chi connectivity index (χ2v) is 3.43. The molecular weight excluding hydrogens is 216 g/mol. The Kier molecular flexibility index (Phi) is 2.93. The third-order valence-corrected chi connectivity index (χ3v) is 2.42. The van der Waals surface area contributed by atoms with Crippen molar-refractivity contribution in [1.29, 1.82) is 5.26 Å². The molecule has 0 bridgehead atoms. The molecule has 4 nitrogen and oxygen atoms in total. The molecule has 0 aliphatic heterocycles. The van der Waals surface area contributed by atoms with Crippen molar-refractivity contribution in [2.75, 3.05) is 7.11 Å². The molecule has 0 aliphatic carbocycles. The molecule has 1 aromatic heterocycles. The van der Waals surface area contributed by atoms with E-state index in [4.69, 9.17) is 5.26 Å². The van der Waals surface area contributed by atoms with Gasteiger partial charge in [-0.15, -0.1) is 0 Å². The van der Waals surface area contributed by atoms with Crippen LogP contribution in [0.4, 0.5) is 0 Å². The molecule has 0 amide bonds. The number of nitrogens with zero attached hydrogens (tertiary/aromatic N) is 2. The Balaban J connectivity index is 2.44. The van der Waals surface area contributed by atoms with Crippen molar-refractivity contribution in [2.45, 2.75) is 0 Å². The van der Waals surface area contributed by atoms with E-state index in [2.05, 4.69) is 10.8 Å². The van der Waals surface area contributed by atoms with Crippen LogP contribution in [0.1, 0.15) is 15.9 Å². The first-order chi connectivity index (χ1) is 8.26. The van der Waals surface area contributed by atoms with E-state index >= 15 is 0 Å². The Morgan fingerprint density at radius 1 is 1.35 bits per heavy atom. The number of para-hydroxylation sites is 1. The van der Waals surface area contributed by atoms with Gasteiger partial charge < -0.3 is 9.30 Å². The van der Waals surface area contributed by atoms with Gasteiger partial charge in [0.25, 0.3) is 0 Å². The van der Waals surface area contributed by atoms with Crippen LogP contribution in [0, 0.1) is 11.3 Å². The van der Waals surface area contributed by atoms with Gasteiger partial charge in [-0.3, -0.25) is 0 Å². The molecule has 4 heteroatoms. The van der Waals surface area contributed by atoms with Gasteiger partial charge in [-0.25, -0.2) is 4.79 Å². The smallest absolute Gasteiger partial charge is 0.339 e. The van der Waals surface area contributed by atoms with E-state index in [1.54, 1.807) is 35.2 Å². The predicted octanol–water partition coefficient (Wildman–Crippen LogP) is 2.14. The zero-order valence-electron chi connectivity index (χ0n) is 9.25. The molecule has 84 valence electrons. The Morgan fingerprint density at radius 3 is 2.82 bits per heavy atom. The molecule has 0 spiro atoms. The zero-order chi connectivity index (χ0) is 12.3. The van der Waals surface area contributed by atoms with E-state index in [9.17, 15) is 4.79 Å². The third kappa shape index (κ3) is 2.04. The summed E-state index contributed by atoms with van der Waals surface area (Å²) in [5, 5.41) is 8.99. The van der Waals surface area contributed by atoms with E-state index in [0.29, 0.717) is 11.1 Å². The van der Waals surface area contributed by atoms with Gasteiger partial charge in [-0.05, 0) is 18.2 Å². The largest absolute Gasteiger partial charge is 0.465 e. The summed E-state index contributed by atoms with van der Waals surface area (Å²) in [7, 11) is 1.34. The van der Waals surface area contributed by atoms with Crippen LogP contribution in [0.5, 0.6) is 0 Å². The minimum Gasteiger partial charge on any atom is -0.465 e. The maximum Gasteiger partial charge on any atom is 0.339 e.